The highest BCUT2D eigenvalue weighted by atomic mass is 16.5. The lowest BCUT2D eigenvalue weighted by atomic mass is 10.1. The van der Waals surface area contributed by atoms with E-state index in [0.717, 1.165) is 17.3 Å². The lowest BCUT2D eigenvalue weighted by Crippen LogP contribution is -2.37. The number of nitrogens with zero attached hydrogens (tertiary/aromatic N) is 1. The summed E-state index contributed by atoms with van der Waals surface area (Å²) in [5.74, 6) is 2.17. The quantitative estimate of drug-likeness (QED) is 0.806. The van der Waals surface area contributed by atoms with Crippen LogP contribution in [0.25, 0.3) is 0 Å². The minimum atomic E-state index is 0.331. The van der Waals surface area contributed by atoms with Gasteiger partial charge in [0.25, 0.3) is 0 Å². The van der Waals surface area contributed by atoms with Gasteiger partial charge in [-0.25, -0.2) is 4.98 Å². The lowest BCUT2D eigenvalue weighted by Gasteiger charge is -2.20. The Kier molecular flexibility index (Phi) is 4.96. The van der Waals surface area contributed by atoms with E-state index in [2.05, 4.69) is 24.1 Å². The van der Waals surface area contributed by atoms with Gasteiger partial charge in [0.05, 0.1) is 18.8 Å². The van der Waals surface area contributed by atoms with E-state index in [1.807, 2.05) is 13.8 Å². The van der Waals surface area contributed by atoms with Crippen molar-refractivity contribution < 1.29 is 9.15 Å². The number of rotatable bonds is 6. The summed E-state index contributed by atoms with van der Waals surface area (Å²) < 4.78 is 10.7. The zero-order valence-electron chi connectivity index (χ0n) is 10.8. The monoisotopic (exact) mass is 226 g/mol. The molecule has 1 rings (SSSR count). The predicted octanol–water partition coefficient (Wildman–Crippen LogP) is 2.05. The molecule has 1 unspecified atom stereocenters. The van der Waals surface area contributed by atoms with Gasteiger partial charge < -0.3 is 14.5 Å². The normalized spacial score (nSPS) is 13.4. The summed E-state index contributed by atoms with van der Waals surface area (Å²) in [5, 5.41) is 3.40. The molecule has 1 aromatic heterocycles. The molecule has 1 heterocycles. The number of hydrogen-bond acceptors (Lipinski definition) is 4. The van der Waals surface area contributed by atoms with E-state index in [0.29, 0.717) is 25.1 Å². The minimum Gasteiger partial charge on any atom is -0.444 e. The molecular weight excluding hydrogens is 204 g/mol. The second-order valence-corrected chi connectivity index (χ2v) is 4.44. The Balaban J connectivity index is 2.48. The highest BCUT2D eigenvalue weighted by Gasteiger charge is 2.14. The Morgan fingerprint density at radius 2 is 2.06 bits per heavy atom. The second-order valence-electron chi connectivity index (χ2n) is 4.44. The topological polar surface area (TPSA) is 47.3 Å². The number of methoxy groups -OCH3 is 1. The summed E-state index contributed by atoms with van der Waals surface area (Å²) in [6.07, 6.45) is 0. The maximum absolute atomic E-state index is 5.51. The van der Waals surface area contributed by atoms with Crippen LogP contribution in [0.3, 0.4) is 0 Å². The fourth-order valence-electron chi connectivity index (χ4n) is 1.50. The van der Waals surface area contributed by atoms with Crippen LogP contribution in [-0.2, 0) is 11.3 Å². The zero-order valence-corrected chi connectivity index (χ0v) is 10.8. The second kappa shape index (κ2) is 6.01. The summed E-state index contributed by atoms with van der Waals surface area (Å²) in [6, 6.07) is 0.331. The van der Waals surface area contributed by atoms with Gasteiger partial charge >= 0.3 is 0 Å². The first-order valence-corrected chi connectivity index (χ1v) is 5.69. The molecule has 16 heavy (non-hydrogen) atoms. The molecule has 0 bridgehead atoms. The Labute approximate surface area is 97.4 Å². The van der Waals surface area contributed by atoms with Crippen LogP contribution in [0.15, 0.2) is 4.42 Å². The molecule has 1 aromatic rings. The third-order valence-corrected chi connectivity index (χ3v) is 2.74. The van der Waals surface area contributed by atoms with Crippen LogP contribution in [0, 0.1) is 19.8 Å². The van der Waals surface area contributed by atoms with Crippen molar-refractivity contribution >= 4 is 0 Å². The summed E-state index contributed by atoms with van der Waals surface area (Å²) >= 11 is 0. The number of oxazole rings is 1. The van der Waals surface area contributed by atoms with Crippen molar-refractivity contribution in [2.75, 3.05) is 13.7 Å². The summed E-state index contributed by atoms with van der Waals surface area (Å²) in [4.78, 5) is 4.33. The van der Waals surface area contributed by atoms with Gasteiger partial charge in [-0.05, 0) is 19.8 Å². The molecule has 92 valence electrons. The Morgan fingerprint density at radius 1 is 1.38 bits per heavy atom. The van der Waals surface area contributed by atoms with Crippen LogP contribution in [-0.4, -0.2) is 24.7 Å². The van der Waals surface area contributed by atoms with E-state index >= 15 is 0 Å². The Hall–Kier alpha value is -0.870. The van der Waals surface area contributed by atoms with Crippen LogP contribution < -0.4 is 5.32 Å². The van der Waals surface area contributed by atoms with Gasteiger partial charge in [-0.3, -0.25) is 0 Å². The Morgan fingerprint density at radius 3 is 2.50 bits per heavy atom. The van der Waals surface area contributed by atoms with Crippen molar-refractivity contribution in [3.8, 4) is 0 Å². The molecule has 0 aromatic carbocycles. The molecular formula is C12H22N2O2. The number of nitrogens with one attached hydrogen (secondary N) is 1. The molecule has 0 fully saturated rings. The van der Waals surface area contributed by atoms with Crippen LogP contribution in [0.1, 0.15) is 31.2 Å². The molecule has 0 aliphatic rings. The van der Waals surface area contributed by atoms with E-state index < -0.39 is 0 Å². The SMILES string of the molecule is COCC(NCc1nc(C)c(C)o1)C(C)C. The van der Waals surface area contributed by atoms with Gasteiger partial charge in [0.1, 0.15) is 5.76 Å². The summed E-state index contributed by atoms with van der Waals surface area (Å²) in [6.45, 7) is 9.58. The van der Waals surface area contributed by atoms with Crippen molar-refractivity contribution in [3.63, 3.8) is 0 Å². The summed E-state index contributed by atoms with van der Waals surface area (Å²) in [5.41, 5.74) is 0.963. The van der Waals surface area contributed by atoms with E-state index in [4.69, 9.17) is 9.15 Å². The van der Waals surface area contributed by atoms with Crippen LogP contribution in [0.5, 0.6) is 0 Å². The van der Waals surface area contributed by atoms with Gasteiger partial charge in [0.15, 0.2) is 0 Å². The van der Waals surface area contributed by atoms with E-state index in [1.54, 1.807) is 7.11 Å². The van der Waals surface area contributed by atoms with Crippen molar-refractivity contribution in [2.45, 2.75) is 40.3 Å². The van der Waals surface area contributed by atoms with Crippen LogP contribution in [0.2, 0.25) is 0 Å². The number of aryl methyl sites for hydroxylation is 2. The maximum Gasteiger partial charge on any atom is 0.208 e. The molecule has 0 saturated carbocycles. The van der Waals surface area contributed by atoms with Crippen molar-refractivity contribution in [3.05, 3.63) is 17.3 Å². The van der Waals surface area contributed by atoms with Gasteiger partial charge in [-0.2, -0.15) is 0 Å². The van der Waals surface area contributed by atoms with Crippen LogP contribution >= 0.6 is 0 Å². The van der Waals surface area contributed by atoms with Crippen LogP contribution in [0.4, 0.5) is 0 Å². The smallest absolute Gasteiger partial charge is 0.208 e. The minimum absolute atomic E-state index is 0.331. The predicted molar refractivity (Wildman–Crippen MR) is 63.3 cm³/mol. The first-order chi connectivity index (χ1) is 7.54. The number of ether oxygens (including phenoxy) is 1. The lowest BCUT2D eigenvalue weighted by molar-refractivity contribution is 0.145. The van der Waals surface area contributed by atoms with Gasteiger partial charge in [-0.1, -0.05) is 13.8 Å². The third-order valence-electron chi connectivity index (χ3n) is 2.74. The maximum atomic E-state index is 5.51. The fourth-order valence-corrected chi connectivity index (χ4v) is 1.50. The summed E-state index contributed by atoms with van der Waals surface area (Å²) in [7, 11) is 1.72. The molecule has 0 spiro atoms. The Bertz CT molecular complexity index is 301. The first-order valence-electron chi connectivity index (χ1n) is 5.69. The highest BCUT2D eigenvalue weighted by Crippen LogP contribution is 2.09. The molecule has 0 saturated heterocycles. The molecule has 4 heteroatoms. The molecule has 0 amide bonds. The fraction of sp³-hybridized carbons (Fsp3) is 0.750. The van der Waals surface area contributed by atoms with Crippen molar-refractivity contribution in [1.29, 1.82) is 0 Å². The average molecular weight is 226 g/mol. The molecule has 0 aliphatic carbocycles. The highest BCUT2D eigenvalue weighted by molar-refractivity contribution is 5.05. The first kappa shape index (κ1) is 13.2. The van der Waals surface area contributed by atoms with E-state index in [9.17, 15) is 0 Å². The van der Waals surface area contributed by atoms with Gasteiger partial charge in [-0.15, -0.1) is 0 Å². The molecule has 0 radical (unpaired) electrons. The molecule has 0 aliphatic heterocycles. The zero-order chi connectivity index (χ0) is 12.1. The molecule has 4 nitrogen and oxygen atoms in total. The molecule has 1 atom stereocenters. The largest absolute Gasteiger partial charge is 0.444 e. The van der Waals surface area contributed by atoms with E-state index in [1.165, 1.54) is 0 Å². The van der Waals surface area contributed by atoms with E-state index in [-0.39, 0.29) is 0 Å². The standard InChI is InChI=1S/C12H22N2O2/c1-8(2)11(7-15-5)13-6-12-14-9(3)10(4)16-12/h8,11,13H,6-7H2,1-5H3. The van der Waals surface area contributed by atoms with Crippen molar-refractivity contribution in [2.24, 2.45) is 5.92 Å². The van der Waals surface area contributed by atoms with Gasteiger partial charge in [0.2, 0.25) is 5.89 Å². The van der Waals surface area contributed by atoms with Crippen molar-refractivity contribution in [1.82, 2.24) is 10.3 Å². The van der Waals surface area contributed by atoms with Gasteiger partial charge in [0, 0.05) is 13.2 Å². The number of aromatic nitrogens is 1. The third kappa shape index (κ3) is 3.61. The average Bonchev–Trinajstić information content (AvgIpc) is 2.53. The number of hydrogen-bond donors (Lipinski definition) is 1. The molecule has 1 N–H and O–H groups in total.